The summed E-state index contributed by atoms with van der Waals surface area (Å²) in [4.78, 5) is 31.5. The molecule has 3 unspecified atom stereocenters. The number of nitrogens with one attached hydrogen (secondary N) is 1. The zero-order valence-corrected chi connectivity index (χ0v) is 19.1. The average molecular weight is 443 g/mol. The third kappa shape index (κ3) is 3.73. The van der Waals surface area contributed by atoms with Gasteiger partial charge in [0.2, 0.25) is 5.91 Å². The van der Waals surface area contributed by atoms with Gasteiger partial charge >= 0.3 is 0 Å². The zero-order chi connectivity index (χ0) is 22.3. The van der Waals surface area contributed by atoms with Crippen LogP contribution in [0.3, 0.4) is 0 Å². The van der Waals surface area contributed by atoms with Gasteiger partial charge in [0.25, 0.3) is 5.91 Å². The van der Waals surface area contributed by atoms with Crippen molar-refractivity contribution in [3.8, 4) is 0 Å². The number of carbonyl (C=O) groups is 2. The monoisotopic (exact) mass is 442 g/mol. The number of amides is 2. The number of carbonyl (C=O) groups excluding carboxylic acids is 2. The summed E-state index contributed by atoms with van der Waals surface area (Å²) < 4.78 is 13.0. The lowest BCUT2D eigenvalue weighted by molar-refractivity contribution is -0.134. The first kappa shape index (κ1) is 21.5. The number of aromatic nitrogens is 1. The molecule has 2 aromatic heterocycles. The van der Waals surface area contributed by atoms with Crippen molar-refractivity contribution in [3.63, 3.8) is 0 Å². The van der Waals surface area contributed by atoms with Crippen molar-refractivity contribution >= 4 is 22.9 Å². The Morgan fingerprint density at radius 3 is 2.78 bits per heavy atom. The number of ether oxygens (including phenoxy) is 1. The Morgan fingerprint density at radius 2 is 2.00 bits per heavy atom. The lowest BCUT2D eigenvalue weighted by atomic mass is 9.85. The number of hydrogen-bond acceptors (Lipinski definition) is 5. The predicted molar refractivity (Wildman–Crippen MR) is 120 cm³/mol. The summed E-state index contributed by atoms with van der Waals surface area (Å²) in [5, 5.41) is 3.33. The van der Waals surface area contributed by atoms with Gasteiger partial charge in [0.1, 0.15) is 11.2 Å². The molecule has 2 amide bonds. The first-order valence-electron chi connectivity index (χ1n) is 12.0. The van der Waals surface area contributed by atoms with Crippen LogP contribution in [0, 0.1) is 5.92 Å². The fourth-order valence-electron chi connectivity index (χ4n) is 5.54. The highest BCUT2D eigenvalue weighted by Crippen LogP contribution is 2.33. The van der Waals surface area contributed by atoms with Gasteiger partial charge in [-0.2, -0.15) is 0 Å². The summed E-state index contributed by atoms with van der Waals surface area (Å²) >= 11 is 0. The van der Waals surface area contributed by atoms with E-state index >= 15 is 0 Å². The van der Waals surface area contributed by atoms with Crippen molar-refractivity contribution in [2.45, 2.75) is 57.7 Å². The molecule has 3 aliphatic rings. The Labute approximate surface area is 188 Å². The second kappa shape index (κ2) is 8.56. The maximum atomic E-state index is 13.8. The lowest BCUT2D eigenvalue weighted by Gasteiger charge is -2.46. The molecule has 0 aromatic carbocycles. The molecular formula is C24H34N4O4. The largest absolute Gasteiger partial charge is 0.463 e. The van der Waals surface area contributed by atoms with E-state index in [4.69, 9.17) is 9.15 Å². The molecule has 1 saturated carbocycles. The van der Waals surface area contributed by atoms with Crippen molar-refractivity contribution in [2.75, 3.05) is 39.4 Å². The van der Waals surface area contributed by atoms with E-state index in [1.165, 1.54) is 6.42 Å². The lowest BCUT2D eigenvalue weighted by Crippen LogP contribution is -2.66. The highest BCUT2D eigenvalue weighted by atomic mass is 16.5. The molecule has 2 aliphatic heterocycles. The number of hydrogen-bond donors (Lipinski definition) is 1. The van der Waals surface area contributed by atoms with Crippen LogP contribution in [-0.4, -0.2) is 77.2 Å². The SMILES string of the molecule is CC1CCCCC1NC(=O)C1(C)Cn2c(cc3occc32)C(=O)N1CCN1CCOCC1. The van der Waals surface area contributed by atoms with Crippen LogP contribution in [0.15, 0.2) is 22.8 Å². The predicted octanol–water partition coefficient (Wildman–Crippen LogP) is 2.48. The van der Waals surface area contributed by atoms with Crippen LogP contribution in [0.1, 0.15) is 50.0 Å². The second-order valence-electron chi connectivity index (χ2n) is 9.81. The Balaban J connectivity index is 1.43. The molecule has 0 radical (unpaired) electrons. The molecule has 0 bridgehead atoms. The maximum absolute atomic E-state index is 13.8. The minimum Gasteiger partial charge on any atom is -0.463 e. The molecule has 8 heteroatoms. The topological polar surface area (TPSA) is 80.0 Å². The third-order valence-corrected chi connectivity index (χ3v) is 7.71. The molecule has 2 aromatic rings. The normalized spacial score (nSPS) is 29.3. The Morgan fingerprint density at radius 1 is 1.22 bits per heavy atom. The van der Waals surface area contributed by atoms with E-state index in [9.17, 15) is 9.59 Å². The van der Waals surface area contributed by atoms with Crippen LogP contribution in [0.2, 0.25) is 0 Å². The smallest absolute Gasteiger partial charge is 0.271 e. The van der Waals surface area contributed by atoms with Gasteiger partial charge in [-0.15, -0.1) is 0 Å². The highest BCUT2D eigenvalue weighted by Gasteiger charge is 2.48. The molecule has 0 spiro atoms. The molecule has 3 atom stereocenters. The van der Waals surface area contributed by atoms with Crippen molar-refractivity contribution < 1.29 is 18.7 Å². The van der Waals surface area contributed by atoms with Gasteiger partial charge in [0, 0.05) is 44.4 Å². The molecule has 1 N–H and O–H groups in total. The summed E-state index contributed by atoms with van der Waals surface area (Å²) in [5.41, 5.74) is 1.19. The van der Waals surface area contributed by atoms with E-state index < -0.39 is 5.54 Å². The van der Waals surface area contributed by atoms with E-state index in [1.807, 2.05) is 17.6 Å². The van der Waals surface area contributed by atoms with E-state index in [2.05, 4.69) is 17.1 Å². The number of nitrogens with zero attached hydrogens (tertiary/aromatic N) is 3. The van der Waals surface area contributed by atoms with Crippen molar-refractivity contribution in [3.05, 3.63) is 24.1 Å². The summed E-state index contributed by atoms with van der Waals surface area (Å²) in [6, 6.07) is 3.85. The minimum atomic E-state index is -0.962. The van der Waals surface area contributed by atoms with E-state index in [0.29, 0.717) is 43.5 Å². The highest BCUT2D eigenvalue weighted by molar-refractivity contribution is 6.02. The quantitative estimate of drug-likeness (QED) is 0.770. The molecule has 8 nitrogen and oxygen atoms in total. The molecular weight excluding hydrogens is 408 g/mol. The van der Waals surface area contributed by atoms with E-state index in [0.717, 1.165) is 44.4 Å². The number of furan rings is 1. The fraction of sp³-hybridized carbons (Fsp3) is 0.667. The Bertz CT molecular complexity index is 991. The molecule has 4 heterocycles. The summed E-state index contributed by atoms with van der Waals surface area (Å²) in [7, 11) is 0. The van der Waals surface area contributed by atoms with Crippen LogP contribution in [0.5, 0.6) is 0 Å². The number of fused-ring (bicyclic) bond motifs is 3. The maximum Gasteiger partial charge on any atom is 0.271 e. The van der Waals surface area contributed by atoms with Crippen molar-refractivity contribution in [1.82, 2.24) is 19.7 Å². The van der Waals surface area contributed by atoms with Gasteiger partial charge in [0.15, 0.2) is 5.58 Å². The first-order chi connectivity index (χ1) is 15.5. The summed E-state index contributed by atoms with van der Waals surface area (Å²) in [6.45, 7) is 8.93. The fourth-order valence-corrected chi connectivity index (χ4v) is 5.54. The Kier molecular flexibility index (Phi) is 5.75. The molecule has 1 aliphatic carbocycles. The van der Waals surface area contributed by atoms with Crippen LogP contribution < -0.4 is 5.32 Å². The van der Waals surface area contributed by atoms with Gasteiger partial charge in [-0.3, -0.25) is 14.5 Å². The van der Waals surface area contributed by atoms with Crippen LogP contribution in [-0.2, 0) is 16.1 Å². The third-order valence-electron chi connectivity index (χ3n) is 7.71. The first-order valence-corrected chi connectivity index (χ1v) is 12.0. The molecule has 174 valence electrons. The van der Waals surface area contributed by atoms with E-state index in [-0.39, 0.29) is 17.9 Å². The van der Waals surface area contributed by atoms with Gasteiger partial charge in [-0.25, -0.2) is 0 Å². The number of morpholine rings is 1. The standard InChI is InChI=1S/C24H34N4O4/c1-17-5-3-4-6-18(17)25-23(30)24(2)16-27-19-7-12-32-21(19)15-20(27)22(29)28(24)9-8-26-10-13-31-14-11-26/h7,12,15,17-18H,3-6,8-11,13-14,16H2,1-2H3,(H,25,30). The number of rotatable bonds is 5. The van der Waals surface area contributed by atoms with Crippen LogP contribution in [0.25, 0.3) is 11.1 Å². The van der Waals surface area contributed by atoms with Gasteiger partial charge in [-0.1, -0.05) is 19.8 Å². The van der Waals surface area contributed by atoms with Gasteiger partial charge < -0.3 is 23.9 Å². The minimum absolute atomic E-state index is 0.0532. The van der Waals surface area contributed by atoms with Crippen molar-refractivity contribution in [1.29, 1.82) is 0 Å². The van der Waals surface area contributed by atoms with Gasteiger partial charge in [-0.05, 0) is 25.7 Å². The average Bonchev–Trinajstić information content (AvgIpc) is 3.38. The molecule has 5 rings (SSSR count). The second-order valence-corrected chi connectivity index (χ2v) is 9.81. The molecule has 1 saturated heterocycles. The van der Waals surface area contributed by atoms with Crippen molar-refractivity contribution in [2.24, 2.45) is 5.92 Å². The van der Waals surface area contributed by atoms with E-state index in [1.54, 1.807) is 17.2 Å². The van der Waals surface area contributed by atoms with Gasteiger partial charge in [0.05, 0.1) is 31.5 Å². The Hall–Kier alpha value is -2.32. The molecule has 2 fully saturated rings. The summed E-state index contributed by atoms with van der Waals surface area (Å²) in [5.74, 6) is 0.299. The zero-order valence-electron chi connectivity index (χ0n) is 19.1. The van der Waals surface area contributed by atoms with Crippen LogP contribution in [0.4, 0.5) is 0 Å². The summed E-state index contributed by atoms with van der Waals surface area (Å²) in [6.07, 6.45) is 6.14. The molecule has 32 heavy (non-hydrogen) atoms. The van der Waals surface area contributed by atoms with Crippen LogP contribution >= 0.6 is 0 Å².